The molecule has 0 saturated heterocycles. The third-order valence-corrected chi connectivity index (χ3v) is 3.86. The Labute approximate surface area is 130 Å². The second-order valence-corrected chi connectivity index (χ2v) is 5.41. The highest BCUT2D eigenvalue weighted by molar-refractivity contribution is 7.09. The van der Waals surface area contributed by atoms with E-state index in [1.807, 2.05) is 0 Å². The summed E-state index contributed by atoms with van der Waals surface area (Å²) < 4.78 is 0. The molecule has 8 heteroatoms. The molecule has 0 fully saturated rings. The smallest absolute Gasteiger partial charge is 0.275 e. The van der Waals surface area contributed by atoms with Crippen LogP contribution in [-0.4, -0.2) is 23.8 Å². The summed E-state index contributed by atoms with van der Waals surface area (Å²) in [7, 11) is 1.51. The molecule has 2 aromatic rings. The van der Waals surface area contributed by atoms with Gasteiger partial charge in [0.2, 0.25) is 0 Å². The molecule has 0 aliphatic carbocycles. The second kappa shape index (κ2) is 6.66. The van der Waals surface area contributed by atoms with Gasteiger partial charge in [-0.2, -0.15) is 0 Å². The fourth-order valence-corrected chi connectivity index (χ4v) is 2.47. The lowest BCUT2D eigenvalue weighted by atomic mass is 10.2. The predicted molar refractivity (Wildman–Crippen MR) is 82.8 cm³/mol. The van der Waals surface area contributed by atoms with E-state index in [4.69, 9.17) is 17.3 Å². The Morgan fingerprint density at radius 1 is 1.38 bits per heavy atom. The standard InChI is InChI=1S/C13H13ClN4O2S/c1-16-12(19)8-4-7(2-3-9(8)14)17-13(20)10-6-21-11(5-15)18-10/h2-4,6H,5,15H2,1H3,(H,16,19)(H,17,20). The fraction of sp³-hybridized carbons (Fsp3) is 0.154. The van der Waals surface area contributed by atoms with Crippen LogP contribution in [0.15, 0.2) is 23.6 Å². The summed E-state index contributed by atoms with van der Waals surface area (Å²) in [5, 5.41) is 7.78. The lowest BCUT2D eigenvalue weighted by Gasteiger charge is -2.07. The number of rotatable bonds is 4. The third kappa shape index (κ3) is 3.57. The van der Waals surface area contributed by atoms with E-state index in [2.05, 4.69) is 15.6 Å². The monoisotopic (exact) mass is 324 g/mol. The van der Waals surface area contributed by atoms with Crippen LogP contribution in [0.2, 0.25) is 5.02 Å². The molecule has 6 nitrogen and oxygen atoms in total. The van der Waals surface area contributed by atoms with Gasteiger partial charge in [0.25, 0.3) is 11.8 Å². The summed E-state index contributed by atoms with van der Waals surface area (Å²) in [5.74, 6) is -0.689. The van der Waals surface area contributed by atoms with E-state index < -0.39 is 0 Å². The van der Waals surface area contributed by atoms with Gasteiger partial charge in [0.15, 0.2) is 0 Å². The summed E-state index contributed by atoms with van der Waals surface area (Å²) in [6, 6.07) is 4.67. The molecular formula is C13H13ClN4O2S. The highest BCUT2D eigenvalue weighted by atomic mass is 35.5. The number of nitrogens with one attached hydrogen (secondary N) is 2. The van der Waals surface area contributed by atoms with Gasteiger partial charge in [-0.1, -0.05) is 11.6 Å². The van der Waals surface area contributed by atoms with Crippen LogP contribution in [0.25, 0.3) is 0 Å². The van der Waals surface area contributed by atoms with Crippen molar-refractivity contribution < 1.29 is 9.59 Å². The van der Waals surface area contributed by atoms with E-state index in [9.17, 15) is 9.59 Å². The van der Waals surface area contributed by atoms with Crippen molar-refractivity contribution in [2.75, 3.05) is 12.4 Å². The zero-order valence-corrected chi connectivity index (χ0v) is 12.7. The van der Waals surface area contributed by atoms with Gasteiger partial charge in [0.1, 0.15) is 10.7 Å². The minimum Gasteiger partial charge on any atom is -0.355 e. The van der Waals surface area contributed by atoms with Crippen molar-refractivity contribution in [3.8, 4) is 0 Å². The largest absolute Gasteiger partial charge is 0.355 e. The first-order valence-corrected chi connectivity index (χ1v) is 7.28. The van der Waals surface area contributed by atoms with Gasteiger partial charge in [-0.15, -0.1) is 11.3 Å². The zero-order chi connectivity index (χ0) is 15.4. The summed E-state index contributed by atoms with van der Waals surface area (Å²) in [6.07, 6.45) is 0. The minimum atomic E-state index is -0.365. The first-order chi connectivity index (χ1) is 10.0. The predicted octanol–water partition coefficient (Wildman–Crippen LogP) is 1.87. The number of amides is 2. The Morgan fingerprint density at radius 3 is 2.76 bits per heavy atom. The van der Waals surface area contributed by atoms with Crippen LogP contribution in [0.1, 0.15) is 25.9 Å². The lowest BCUT2D eigenvalue weighted by molar-refractivity contribution is 0.0961. The average molecular weight is 325 g/mol. The molecule has 1 heterocycles. The summed E-state index contributed by atoms with van der Waals surface area (Å²) in [4.78, 5) is 27.8. The molecule has 0 spiro atoms. The van der Waals surface area contributed by atoms with Crippen LogP contribution in [0.4, 0.5) is 5.69 Å². The van der Waals surface area contributed by atoms with Crippen LogP contribution >= 0.6 is 22.9 Å². The number of anilines is 1. The molecule has 0 aliphatic rings. The normalized spacial score (nSPS) is 10.2. The molecule has 110 valence electrons. The Balaban J connectivity index is 2.19. The Kier molecular flexibility index (Phi) is 4.89. The van der Waals surface area contributed by atoms with E-state index in [1.165, 1.54) is 24.5 Å². The number of nitrogens with two attached hydrogens (primary N) is 1. The zero-order valence-electron chi connectivity index (χ0n) is 11.1. The van der Waals surface area contributed by atoms with Gasteiger partial charge in [-0.25, -0.2) is 4.98 Å². The number of aromatic nitrogens is 1. The molecule has 2 amide bonds. The molecule has 1 aromatic carbocycles. The lowest BCUT2D eigenvalue weighted by Crippen LogP contribution is -2.19. The van der Waals surface area contributed by atoms with Crippen molar-refractivity contribution in [3.63, 3.8) is 0 Å². The minimum absolute atomic E-state index is 0.289. The maximum atomic E-state index is 12.0. The van der Waals surface area contributed by atoms with Gasteiger partial charge in [0, 0.05) is 24.7 Å². The maximum absolute atomic E-state index is 12.0. The Morgan fingerprint density at radius 2 is 2.14 bits per heavy atom. The van der Waals surface area contributed by atoms with Crippen molar-refractivity contribution in [1.82, 2.24) is 10.3 Å². The molecule has 1 aromatic heterocycles. The van der Waals surface area contributed by atoms with Gasteiger partial charge in [-0.05, 0) is 18.2 Å². The number of benzene rings is 1. The van der Waals surface area contributed by atoms with E-state index in [0.717, 1.165) is 0 Å². The molecule has 2 rings (SSSR count). The molecule has 0 saturated carbocycles. The van der Waals surface area contributed by atoms with Crippen LogP contribution in [0.3, 0.4) is 0 Å². The first kappa shape index (κ1) is 15.4. The quantitative estimate of drug-likeness (QED) is 0.799. The highest BCUT2D eigenvalue weighted by Crippen LogP contribution is 2.21. The van der Waals surface area contributed by atoms with E-state index >= 15 is 0 Å². The van der Waals surface area contributed by atoms with Crippen LogP contribution < -0.4 is 16.4 Å². The van der Waals surface area contributed by atoms with Crippen LogP contribution in [0, 0.1) is 0 Å². The Bertz CT molecular complexity index is 687. The number of hydrogen-bond donors (Lipinski definition) is 3. The number of carbonyl (C=O) groups is 2. The highest BCUT2D eigenvalue weighted by Gasteiger charge is 2.13. The third-order valence-electron chi connectivity index (χ3n) is 2.65. The van der Waals surface area contributed by atoms with E-state index in [0.29, 0.717) is 22.3 Å². The van der Waals surface area contributed by atoms with E-state index in [1.54, 1.807) is 17.5 Å². The average Bonchev–Trinajstić information content (AvgIpc) is 2.97. The van der Waals surface area contributed by atoms with Crippen molar-refractivity contribution in [1.29, 1.82) is 0 Å². The topological polar surface area (TPSA) is 97.1 Å². The molecule has 0 atom stereocenters. The van der Waals surface area contributed by atoms with Crippen LogP contribution in [-0.2, 0) is 6.54 Å². The van der Waals surface area contributed by atoms with Crippen molar-refractivity contribution >= 4 is 40.4 Å². The molecule has 0 aliphatic heterocycles. The van der Waals surface area contributed by atoms with Gasteiger partial charge < -0.3 is 16.4 Å². The number of nitrogens with zero attached hydrogens (tertiary/aromatic N) is 1. The van der Waals surface area contributed by atoms with Gasteiger partial charge >= 0.3 is 0 Å². The second-order valence-electron chi connectivity index (χ2n) is 4.06. The molecule has 0 bridgehead atoms. The van der Waals surface area contributed by atoms with Gasteiger partial charge in [-0.3, -0.25) is 9.59 Å². The van der Waals surface area contributed by atoms with Crippen molar-refractivity contribution in [2.24, 2.45) is 5.73 Å². The fourth-order valence-electron chi connectivity index (χ4n) is 1.62. The maximum Gasteiger partial charge on any atom is 0.275 e. The van der Waals surface area contributed by atoms with Crippen molar-refractivity contribution in [3.05, 3.63) is 44.9 Å². The summed E-state index contributed by atoms with van der Waals surface area (Å²) >= 11 is 7.27. The molecule has 0 radical (unpaired) electrons. The first-order valence-electron chi connectivity index (χ1n) is 6.02. The summed E-state index contributed by atoms with van der Waals surface area (Å²) in [6.45, 7) is 0.291. The Hall–Kier alpha value is -1.96. The molecule has 21 heavy (non-hydrogen) atoms. The number of halogens is 1. The molecular weight excluding hydrogens is 312 g/mol. The molecule has 0 unspecified atom stereocenters. The van der Waals surface area contributed by atoms with Crippen LogP contribution in [0.5, 0.6) is 0 Å². The number of carbonyl (C=O) groups excluding carboxylic acids is 2. The summed E-state index contributed by atoms with van der Waals surface area (Å²) in [5.41, 5.74) is 6.50. The number of thiazole rings is 1. The van der Waals surface area contributed by atoms with Crippen molar-refractivity contribution in [2.45, 2.75) is 6.54 Å². The SMILES string of the molecule is CNC(=O)c1cc(NC(=O)c2csc(CN)n2)ccc1Cl. The number of hydrogen-bond acceptors (Lipinski definition) is 5. The molecule has 4 N–H and O–H groups in total. The van der Waals surface area contributed by atoms with E-state index in [-0.39, 0.29) is 23.1 Å². The van der Waals surface area contributed by atoms with Gasteiger partial charge in [0.05, 0.1) is 10.6 Å².